The zero-order chi connectivity index (χ0) is 18.6. The first-order valence-corrected chi connectivity index (χ1v) is 10.3. The summed E-state index contributed by atoms with van der Waals surface area (Å²) >= 11 is 0. The average Bonchev–Trinajstić information content (AvgIpc) is 2.97. The number of ether oxygens (including phenoxy) is 2. The summed E-state index contributed by atoms with van der Waals surface area (Å²) in [6.07, 6.45) is 6.07. The molecule has 1 amide bonds. The number of carbonyl (C=O) groups is 2. The third-order valence-electron chi connectivity index (χ3n) is 6.44. The molecular formula is C22H29NO4. The monoisotopic (exact) mass is 371 g/mol. The first-order valence-electron chi connectivity index (χ1n) is 10.3. The van der Waals surface area contributed by atoms with E-state index in [1.165, 1.54) is 0 Å². The van der Waals surface area contributed by atoms with Gasteiger partial charge in [0.15, 0.2) is 0 Å². The maximum atomic E-state index is 12.8. The van der Waals surface area contributed by atoms with E-state index in [1.807, 2.05) is 35.2 Å². The lowest BCUT2D eigenvalue weighted by Crippen LogP contribution is -2.48. The Bertz CT molecular complexity index is 642. The number of fused-ring (bicyclic) bond motifs is 2. The van der Waals surface area contributed by atoms with Crippen molar-refractivity contribution in [2.24, 2.45) is 11.8 Å². The smallest absolute Gasteiger partial charge is 0.410 e. The highest BCUT2D eigenvalue weighted by molar-refractivity contribution is 5.82. The van der Waals surface area contributed by atoms with Crippen LogP contribution in [0.25, 0.3) is 0 Å². The standard InChI is InChI=1S/C22H29NO4/c24-21(12-16-8-10-26-11-9-16)18-13-19-6-7-20(14-18)23(19)22(25)27-15-17-4-2-1-3-5-17/h1-5,16,18-20H,6-15H2. The Balaban J connectivity index is 1.30. The van der Waals surface area contributed by atoms with Crippen LogP contribution in [0.2, 0.25) is 0 Å². The number of nitrogens with zero attached hydrogens (tertiary/aromatic N) is 1. The summed E-state index contributed by atoms with van der Waals surface area (Å²) in [7, 11) is 0. The Morgan fingerprint density at radius 1 is 1.00 bits per heavy atom. The van der Waals surface area contributed by atoms with Crippen molar-refractivity contribution in [3.8, 4) is 0 Å². The lowest BCUT2D eigenvalue weighted by Gasteiger charge is -2.38. The second-order valence-electron chi connectivity index (χ2n) is 8.23. The summed E-state index contributed by atoms with van der Waals surface area (Å²) in [5.41, 5.74) is 1.000. The van der Waals surface area contributed by atoms with Gasteiger partial charge in [0.1, 0.15) is 12.4 Å². The summed E-state index contributed by atoms with van der Waals surface area (Å²) in [5, 5.41) is 0. The summed E-state index contributed by atoms with van der Waals surface area (Å²) in [6, 6.07) is 10.1. The average molecular weight is 371 g/mol. The predicted octanol–water partition coefficient (Wildman–Crippen LogP) is 3.95. The van der Waals surface area contributed by atoms with Gasteiger partial charge in [-0.15, -0.1) is 0 Å². The maximum Gasteiger partial charge on any atom is 0.410 e. The van der Waals surface area contributed by atoms with Crippen molar-refractivity contribution in [3.63, 3.8) is 0 Å². The number of hydrogen-bond donors (Lipinski definition) is 0. The van der Waals surface area contributed by atoms with E-state index >= 15 is 0 Å². The highest BCUT2D eigenvalue weighted by Gasteiger charge is 2.45. The number of Topliss-reactive ketones (excluding diaryl/α,β-unsaturated/α-hetero) is 1. The molecule has 2 bridgehead atoms. The largest absolute Gasteiger partial charge is 0.445 e. The van der Waals surface area contributed by atoms with Crippen molar-refractivity contribution < 1.29 is 19.1 Å². The van der Waals surface area contributed by atoms with E-state index in [-0.39, 0.29) is 24.1 Å². The SMILES string of the molecule is O=C(CC1CCOCC1)C1CC2CCC(C1)N2C(=O)OCc1ccccc1. The fourth-order valence-corrected chi connectivity index (χ4v) is 4.93. The minimum absolute atomic E-state index is 0.114. The lowest BCUT2D eigenvalue weighted by molar-refractivity contribution is -0.126. The van der Waals surface area contributed by atoms with Crippen LogP contribution in [0.3, 0.4) is 0 Å². The molecule has 1 aromatic rings. The Morgan fingerprint density at radius 2 is 1.67 bits per heavy atom. The lowest BCUT2D eigenvalue weighted by atomic mass is 9.82. The molecule has 0 spiro atoms. The number of rotatable bonds is 5. The molecule has 0 saturated carbocycles. The topological polar surface area (TPSA) is 55.8 Å². The molecule has 3 saturated heterocycles. The molecule has 1 aromatic carbocycles. The van der Waals surface area contributed by atoms with Crippen molar-refractivity contribution >= 4 is 11.9 Å². The third-order valence-corrected chi connectivity index (χ3v) is 6.44. The van der Waals surface area contributed by atoms with Gasteiger partial charge in [0.05, 0.1) is 0 Å². The minimum Gasteiger partial charge on any atom is -0.445 e. The second kappa shape index (κ2) is 8.42. The van der Waals surface area contributed by atoms with Gasteiger partial charge in [-0.2, -0.15) is 0 Å². The van der Waals surface area contributed by atoms with Crippen LogP contribution in [0.1, 0.15) is 50.5 Å². The van der Waals surface area contributed by atoms with Crippen molar-refractivity contribution in [3.05, 3.63) is 35.9 Å². The Labute approximate surface area is 161 Å². The molecule has 4 rings (SSSR count). The molecule has 5 heteroatoms. The van der Waals surface area contributed by atoms with E-state index in [1.54, 1.807) is 0 Å². The normalized spacial score (nSPS) is 28.1. The molecule has 146 valence electrons. The van der Waals surface area contributed by atoms with Crippen LogP contribution in [0.4, 0.5) is 4.79 Å². The first-order chi connectivity index (χ1) is 13.2. The van der Waals surface area contributed by atoms with Crippen molar-refractivity contribution in [2.75, 3.05) is 13.2 Å². The van der Waals surface area contributed by atoms with Gasteiger partial charge in [-0.3, -0.25) is 4.79 Å². The fourth-order valence-electron chi connectivity index (χ4n) is 4.93. The summed E-state index contributed by atoms with van der Waals surface area (Å²) < 4.78 is 11.0. The van der Waals surface area contributed by atoms with Crippen molar-refractivity contribution in [2.45, 2.75) is 63.6 Å². The van der Waals surface area contributed by atoms with Crippen LogP contribution in [0.15, 0.2) is 30.3 Å². The number of ketones is 1. The molecule has 3 aliphatic rings. The summed E-state index contributed by atoms with van der Waals surface area (Å²) in [5.74, 6) is 0.998. The molecular weight excluding hydrogens is 342 g/mol. The molecule has 3 fully saturated rings. The highest BCUT2D eigenvalue weighted by atomic mass is 16.6. The molecule has 2 atom stereocenters. The first kappa shape index (κ1) is 18.5. The molecule has 0 N–H and O–H groups in total. The zero-order valence-corrected chi connectivity index (χ0v) is 15.8. The Morgan fingerprint density at radius 3 is 2.33 bits per heavy atom. The van der Waals surface area contributed by atoms with Gasteiger partial charge >= 0.3 is 6.09 Å². The van der Waals surface area contributed by atoms with E-state index in [4.69, 9.17) is 9.47 Å². The molecule has 2 unspecified atom stereocenters. The molecule has 0 radical (unpaired) electrons. The minimum atomic E-state index is -0.221. The molecule has 5 nitrogen and oxygen atoms in total. The van der Waals surface area contributed by atoms with Crippen LogP contribution in [0, 0.1) is 11.8 Å². The van der Waals surface area contributed by atoms with Gasteiger partial charge in [0, 0.05) is 37.6 Å². The number of carbonyl (C=O) groups excluding carboxylic acids is 2. The molecule has 0 aliphatic carbocycles. The molecule has 3 heterocycles. The van der Waals surface area contributed by atoms with Crippen LogP contribution >= 0.6 is 0 Å². The van der Waals surface area contributed by atoms with Gasteiger partial charge in [0.25, 0.3) is 0 Å². The predicted molar refractivity (Wildman–Crippen MR) is 101 cm³/mol. The maximum absolute atomic E-state index is 12.8. The Kier molecular flexibility index (Phi) is 5.77. The zero-order valence-electron chi connectivity index (χ0n) is 15.8. The quantitative estimate of drug-likeness (QED) is 0.786. The van der Waals surface area contributed by atoms with Gasteiger partial charge in [-0.1, -0.05) is 30.3 Å². The molecule has 3 aliphatic heterocycles. The second-order valence-corrected chi connectivity index (χ2v) is 8.23. The number of hydrogen-bond acceptors (Lipinski definition) is 4. The molecule has 27 heavy (non-hydrogen) atoms. The van der Waals surface area contributed by atoms with Crippen LogP contribution in [0.5, 0.6) is 0 Å². The van der Waals surface area contributed by atoms with Crippen LogP contribution < -0.4 is 0 Å². The van der Waals surface area contributed by atoms with Gasteiger partial charge in [0.2, 0.25) is 0 Å². The van der Waals surface area contributed by atoms with E-state index < -0.39 is 0 Å². The Hall–Kier alpha value is -1.88. The van der Waals surface area contributed by atoms with Gasteiger partial charge in [-0.25, -0.2) is 4.79 Å². The van der Waals surface area contributed by atoms with Gasteiger partial charge < -0.3 is 14.4 Å². The number of benzene rings is 1. The fraction of sp³-hybridized carbons (Fsp3) is 0.636. The van der Waals surface area contributed by atoms with E-state index in [9.17, 15) is 9.59 Å². The number of amides is 1. The van der Waals surface area contributed by atoms with E-state index in [0.717, 1.165) is 57.3 Å². The van der Waals surface area contributed by atoms with Crippen LogP contribution in [-0.4, -0.2) is 42.1 Å². The number of piperidine rings is 1. The highest BCUT2D eigenvalue weighted by Crippen LogP contribution is 2.40. The van der Waals surface area contributed by atoms with Gasteiger partial charge in [-0.05, 0) is 50.0 Å². The van der Waals surface area contributed by atoms with E-state index in [2.05, 4.69) is 0 Å². The molecule has 0 aromatic heterocycles. The summed E-state index contributed by atoms with van der Waals surface area (Å²) in [6.45, 7) is 1.88. The van der Waals surface area contributed by atoms with Crippen molar-refractivity contribution in [1.29, 1.82) is 0 Å². The summed E-state index contributed by atoms with van der Waals surface area (Å²) in [4.78, 5) is 27.3. The van der Waals surface area contributed by atoms with Crippen molar-refractivity contribution in [1.82, 2.24) is 4.90 Å². The third kappa shape index (κ3) is 4.34. The van der Waals surface area contributed by atoms with E-state index in [0.29, 0.717) is 24.7 Å². The van der Waals surface area contributed by atoms with Crippen LogP contribution in [-0.2, 0) is 20.9 Å².